The van der Waals surface area contributed by atoms with E-state index in [2.05, 4.69) is 118 Å². The Hall–Kier alpha value is -4.48. The summed E-state index contributed by atoms with van der Waals surface area (Å²) in [6.45, 7) is 4.77. The van der Waals surface area contributed by atoms with Gasteiger partial charge in [-0.3, -0.25) is 0 Å². The number of aromatic nitrogens is 1. The summed E-state index contributed by atoms with van der Waals surface area (Å²) in [6, 6.07) is 44.0. The van der Waals surface area contributed by atoms with Crippen LogP contribution >= 0.6 is 15.9 Å². The number of fused-ring (bicyclic) bond motifs is 1. The van der Waals surface area contributed by atoms with Crippen molar-refractivity contribution in [2.45, 2.75) is 45.9 Å². The first-order valence-electron chi connectivity index (χ1n) is 16.0. The van der Waals surface area contributed by atoms with Crippen molar-refractivity contribution >= 4 is 26.8 Å². The van der Waals surface area contributed by atoms with Gasteiger partial charge in [0, 0.05) is 22.8 Å². The lowest BCUT2D eigenvalue weighted by Crippen LogP contribution is -2.03. The molecular weight excluding hydrogens is 634 g/mol. The fourth-order valence-corrected chi connectivity index (χ4v) is 6.15. The van der Waals surface area contributed by atoms with Crippen molar-refractivity contribution < 1.29 is 14.2 Å². The molecule has 1 aromatic heterocycles. The van der Waals surface area contributed by atoms with Gasteiger partial charge >= 0.3 is 0 Å². The number of ether oxygens (including phenoxy) is 3. The Kier molecular flexibility index (Phi) is 10.7. The number of alkyl halides is 1. The van der Waals surface area contributed by atoms with E-state index < -0.39 is 0 Å². The molecule has 234 valence electrons. The van der Waals surface area contributed by atoms with Gasteiger partial charge < -0.3 is 18.8 Å². The van der Waals surface area contributed by atoms with Crippen LogP contribution in [0.4, 0.5) is 0 Å². The summed E-state index contributed by atoms with van der Waals surface area (Å²) in [4.78, 5) is 0. The zero-order valence-electron chi connectivity index (χ0n) is 26.3. The predicted molar refractivity (Wildman–Crippen MR) is 192 cm³/mol. The predicted octanol–water partition coefficient (Wildman–Crippen LogP) is 10.8. The number of nitrogens with zero attached hydrogens (tertiary/aromatic N) is 1. The first-order valence-corrected chi connectivity index (χ1v) is 17.1. The molecule has 0 bridgehead atoms. The summed E-state index contributed by atoms with van der Waals surface area (Å²) in [7, 11) is 0. The lowest BCUT2D eigenvalue weighted by Gasteiger charge is -2.14. The highest BCUT2D eigenvalue weighted by Crippen LogP contribution is 2.37. The third-order valence-electron chi connectivity index (χ3n) is 8.22. The second kappa shape index (κ2) is 15.7. The van der Waals surface area contributed by atoms with Gasteiger partial charge in [-0.15, -0.1) is 0 Å². The molecular formula is C41H40BrNO3. The molecule has 0 aliphatic carbocycles. The van der Waals surface area contributed by atoms with Crippen LogP contribution in [0.5, 0.6) is 17.2 Å². The number of benzene rings is 5. The van der Waals surface area contributed by atoms with E-state index in [0.717, 1.165) is 58.8 Å². The molecule has 0 atom stereocenters. The fraction of sp³-hybridized carbons (Fsp3) is 0.220. The number of aryl methyl sites for hydroxylation is 1. The largest absolute Gasteiger partial charge is 0.494 e. The maximum absolute atomic E-state index is 6.23. The van der Waals surface area contributed by atoms with Crippen molar-refractivity contribution in [1.82, 2.24) is 4.57 Å². The summed E-state index contributed by atoms with van der Waals surface area (Å²) in [5.41, 5.74) is 8.26. The monoisotopic (exact) mass is 673 g/mol. The summed E-state index contributed by atoms with van der Waals surface area (Å²) < 4.78 is 20.8. The molecule has 0 aliphatic rings. The molecule has 0 unspecified atom stereocenters. The lowest BCUT2D eigenvalue weighted by atomic mass is 10.1. The lowest BCUT2D eigenvalue weighted by molar-refractivity contribution is 0.306. The Morgan fingerprint density at radius 1 is 0.565 bits per heavy atom. The van der Waals surface area contributed by atoms with Crippen LogP contribution in [0.3, 0.4) is 0 Å². The van der Waals surface area contributed by atoms with Crippen molar-refractivity contribution in [1.29, 1.82) is 0 Å². The number of unbranched alkanes of at least 4 members (excludes halogenated alkanes) is 2. The maximum Gasteiger partial charge on any atom is 0.120 e. The quantitative estimate of drug-likeness (QED) is 0.0803. The van der Waals surface area contributed by atoms with Crippen LogP contribution in [0.1, 0.15) is 41.5 Å². The third-order valence-corrected chi connectivity index (χ3v) is 8.78. The molecule has 1 heterocycles. The second-order valence-electron chi connectivity index (χ2n) is 11.6. The van der Waals surface area contributed by atoms with E-state index >= 15 is 0 Å². The number of rotatable bonds is 15. The van der Waals surface area contributed by atoms with E-state index in [1.807, 2.05) is 36.4 Å². The van der Waals surface area contributed by atoms with E-state index in [1.165, 1.54) is 40.6 Å². The summed E-state index contributed by atoms with van der Waals surface area (Å²) in [5, 5.41) is 2.24. The van der Waals surface area contributed by atoms with Crippen molar-refractivity contribution in [3.8, 4) is 28.5 Å². The molecule has 6 rings (SSSR count). The van der Waals surface area contributed by atoms with Crippen molar-refractivity contribution in [3.63, 3.8) is 0 Å². The second-order valence-corrected chi connectivity index (χ2v) is 12.3. The highest BCUT2D eigenvalue weighted by atomic mass is 79.9. The normalized spacial score (nSPS) is 11.1. The van der Waals surface area contributed by atoms with E-state index in [4.69, 9.17) is 14.2 Å². The van der Waals surface area contributed by atoms with Gasteiger partial charge in [0.25, 0.3) is 0 Å². The molecule has 6 aromatic rings. The molecule has 0 radical (unpaired) electrons. The Morgan fingerprint density at radius 2 is 1.15 bits per heavy atom. The highest BCUT2D eigenvalue weighted by molar-refractivity contribution is 9.09. The van der Waals surface area contributed by atoms with Crippen molar-refractivity contribution in [3.05, 3.63) is 150 Å². The van der Waals surface area contributed by atoms with Gasteiger partial charge in [-0.1, -0.05) is 88.7 Å². The Morgan fingerprint density at radius 3 is 1.80 bits per heavy atom. The fourth-order valence-electron chi connectivity index (χ4n) is 5.76. The van der Waals surface area contributed by atoms with Crippen LogP contribution in [-0.2, 0) is 19.8 Å². The standard InChI is InChI=1S/C41H40BrNO3/c1-31-39-27-38(46-30-34-13-7-3-8-14-34)23-24-40(39)43(28-32-15-19-36(20-16-32)44-26-10-4-9-25-42)41(31)35-17-21-37(22-18-35)45-29-33-11-5-2-6-12-33/h2-3,5-8,11-24,27H,4,9-10,25-26,28-30H2,1H3. The molecule has 5 aromatic carbocycles. The van der Waals surface area contributed by atoms with Crippen LogP contribution in [-0.4, -0.2) is 16.5 Å². The van der Waals surface area contributed by atoms with Crippen molar-refractivity contribution in [2.24, 2.45) is 0 Å². The van der Waals surface area contributed by atoms with E-state index in [9.17, 15) is 0 Å². The Bertz CT molecular complexity index is 1810. The van der Waals surface area contributed by atoms with E-state index in [1.54, 1.807) is 0 Å². The Balaban J connectivity index is 1.26. The van der Waals surface area contributed by atoms with Gasteiger partial charge in [0.05, 0.1) is 12.3 Å². The van der Waals surface area contributed by atoms with Gasteiger partial charge in [-0.05, 0) is 109 Å². The molecule has 5 heteroatoms. The highest BCUT2D eigenvalue weighted by Gasteiger charge is 2.17. The average Bonchev–Trinajstić information content (AvgIpc) is 3.38. The summed E-state index contributed by atoms with van der Waals surface area (Å²) >= 11 is 3.50. The molecule has 0 saturated carbocycles. The zero-order chi connectivity index (χ0) is 31.6. The summed E-state index contributed by atoms with van der Waals surface area (Å²) in [6.07, 6.45) is 3.42. The maximum atomic E-state index is 6.23. The molecule has 0 N–H and O–H groups in total. The first-order chi connectivity index (χ1) is 22.7. The Labute approximate surface area is 280 Å². The van der Waals surface area contributed by atoms with Crippen LogP contribution in [0.2, 0.25) is 0 Å². The minimum absolute atomic E-state index is 0.536. The van der Waals surface area contributed by atoms with Crippen molar-refractivity contribution in [2.75, 3.05) is 11.9 Å². The van der Waals surface area contributed by atoms with Crippen LogP contribution in [0.25, 0.3) is 22.2 Å². The zero-order valence-corrected chi connectivity index (χ0v) is 27.9. The molecule has 0 aliphatic heterocycles. The minimum atomic E-state index is 0.536. The molecule has 0 fully saturated rings. The molecule has 46 heavy (non-hydrogen) atoms. The average molecular weight is 675 g/mol. The first kappa shape index (κ1) is 31.5. The molecule has 0 amide bonds. The van der Waals surface area contributed by atoms with Gasteiger partial charge in [0.1, 0.15) is 30.5 Å². The molecule has 0 spiro atoms. The van der Waals surface area contributed by atoms with Crippen LogP contribution < -0.4 is 14.2 Å². The molecule has 4 nitrogen and oxygen atoms in total. The van der Waals surface area contributed by atoms with Gasteiger partial charge in [0.15, 0.2) is 0 Å². The topological polar surface area (TPSA) is 32.6 Å². The molecule has 0 saturated heterocycles. The minimum Gasteiger partial charge on any atom is -0.494 e. The number of hydrogen-bond donors (Lipinski definition) is 0. The SMILES string of the molecule is Cc1c(-c2ccc(OCc3ccccc3)cc2)n(Cc2ccc(OCCCCCBr)cc2)c2ccc(OCc3ccccc3)cc12. The van der Waals surface area contributed by atoms with Gasteiger partial charge in [-0.2, -0.15) is 0 Å². The smallest absolute Gasteiger partial charge is 0.120 e. The van der Waals surface area contributed by atoms with E-state index in [0.29, 0.717) is 13.2 Å². The van der Waals surface area contributed by atoms with Crippen LogP contribution in [0, 0.1) is 6.92 Å². The number of halogens is 1. The van der Waals surface area contributed by atoms with Gasteiger partial charge in [-0.25, -0.2) is 0 Å². The summed E-state index contributed by atoms with van der Waals surface area (Å²) in [5.74, 6) is 2.64. The van der Waals surface area contributed by atoms with Gasteiger partial charge in [0.2, 0.25) is 0 Å². The van der Waals surface area contributed by atoms with Crippen LogP contribution in [0.15, 0.2) is 127 Å². The number of hydrogen-bond acceptors (Lipinski definition) is 3. The third kappa shape index (κ3) is 8.02. The van der Waals surface area contributed by atoms with E-state index in [-0.39, 0.29) is 0 Å².